The molecule has 26 heavy (non-hydrogen) atoms. The van der Waals surface area contributed by atoms with Crippen molar-refractivity contribution in [2.45, 2.75) is 19.4 Å². The molecule has 0 radical (unpaired) electrons. The van der Waals surface area contributed by atoms with Crippen LogP contribution in [0.2, 0.25) is 0 Å². The summed E-state index contributed by atoms with van der Waals surface area (Å²) in [5, 5.41) is 3.16. The number of carbonyl (C=O) groups excluding carboxylic acids is 2. The van der Waals surface area contributed by atoms with Crippen LogP contribution in [0.4, 0.5) is 0 Å². The van der Waals surface area contributed by atoms with Crippen LogP contribution in [0.1, 0.15) is 34.1 Å². The Morgan fingerprint density at radius 3 is 2.50 bits per heavy atom. The van der Waals surface area contributed by atoms with Crippen LogP contribution < -0.4 is 10.1 Å². The fourth-order valence-electron chi connectivity index (χ4n) is 3.79. The first-order valence-corrected chi connectivity index (χ1v) is 9.00. The van der Waals surface area contributed by atoms with Gasteiger partial charge in [-0.25, -0.2) is 0 Å². The molecule has 3 atom stereocenters. The second-order valence-electron chi connectivity index (χ2n) is 7.10. The number of carbonyl (C=O) groups is 2. The minimum Gasteiger partial charge on any atom is -0.457 e. The number of hydrogen-bond donors (Lipinski definition) is 1. The number of nitrogens with one attached hydrogen (secondary N) is 1. The molecule has 3 unspecified atom stereocenters. The van der Waals surface area contributed by atoms with E-state index in [2.05, 4.69) is 10.2 Å². The van der Waals surface area contributed by atoms with Crippen LogP contribution in [-0.2, 0) is 0 Å². The van der Waals surface area contributed by atoms with Crippen molar-refractivity contribution in [3.63, 3.8) is 0 Å². The summed E-state index contributed by atoms with van der Waals surface area (Å²) in [6.07, 6.45) is 1.18. The van der Waals surface area contributed by atoms with Crippen LogP contribution in [0.15, 0.2) is 48.5 Å². The number of fused-ring (bicyclic) bond motifs is 2. The molecule has 0 saturated carbocycles. The van der Waals surface area contributed by atoms with Gasteiger partial charge in [0.2, 0.25) is 0 Å². The average Bonchev–Trinajstić information content (AvgIpc) is 3.25. The minimum atomic E-state index is -0.0334. The number of amides is 1. The molecular formula is C21H22N2O3. The van der Waals surface area contributed by atoms with E-state index in [0.717, 1.165) is 19.6 Å². The van der Waals surface area contributed by atoms with Crippen LogP contribution in [-0.4, -0.2) is 42.3 Å². The van der Waals surface area contributed by atoms with Gasteiger partial charge in [0.05, 0.1) is 0 Å². The topological polar surface area (TPSA) is 58.6 Å². The zero-order valence-corrected chi connectivity index (χ0v) is 14.8. The Hall–Kier alpha value is -2.66. The molecule has 2 aliphatic rings. The van der Waals surface area contributed by atoms with Gasteiger partial charge in [0.1, 0.15) is 11.5 Å². The van der Waals surface area contributed by atoms with E-state index in [1.54, 1.807) is 48.5 Å². The normalized spacial score (nSPS) is 23.7. The molecule has 0 spiro atoms. The SMILES string of the molecule is CC(=O)c1cccc(Oc2ccc(C(=O)NC3CN4CCC3C4)cc2)c1. The Balaban J connectivity index is 1.39. The summed E-state index contributed by atoms with van der Waals surface area (Å²) in [5.41, 5.74) is 1.24. The molecule has 4 rings (SSSR count). The van der Waals surface area contributed by atoms with Crippen molar-refractivity contribution < 1.29 is 14.3 Å². The Morgan fingerprint density at radius 2 is 1.85 bits per heavy atom. The number of nitrogens with zero attached hydrogens (tertiary/aromatic N) is 1. The van der Waals surface area contributed by atoms with Gasteiger partial charge < -0.3 is 15.0 Å². The molecule has 2 heterocycles. The summed E-state index contributed by atoms with van der Waals surface area (Å²) in [7, 11) is 0. The monoisotopic (exact) mass is 350 g/mol. The lowest BCUT2D eigenvalue weighted by Gasteiger charge is -2.23. The number of rotatable bonds is 5. The third-order valence-corrected chi connectivity index (χ3v) is 5.24. The second kappa shape index (κ2) is 6.92. The molecule has 1 N–H and O–H groups in total. The molecular weight excluding hydrogens is 328 g/mol. The first-order valence-electron chi connectivity index (χ1n) is 9.00. The van der Waals surface area contributed by atoms with Crippen molar-refractivity contribution >= 4 is 11.7 Å². The Labute approximate surface area is 153 Å². The fourth-order valence-corrected chi connectivity index (χ4v) is 3.79. The maximum Gasteiger partial charge on any atom is 0.251 e. The standard InChI is InChI=1S/C21H22N2O3/c1-14(24)16-3-2-4-19(11-16)26-18-7-5-15(6-8-18)21(25)22-20-13-23-10-9-17(20)12-23/h2-8,11,17,20H,9-10,12-13H2,1H3,(H,22,25). The molecule has 2 aromatic rings. The van der Waals surface area contributed by atoms with Crippen molar-refractivity contribution in [3.05, 3.63) is 59.7 Å². The van der Waals surface area contributed by atoms with Gasteiger partial charge >= 0.3 is 0 Å². The van der Waals surface area contributed by atoms with Gasteiger partial charge in [0.15, 0.2) is 5.78 Å². The molecule has 5 nitrogen and oxygen atoms in total. The zero-order valence-electron chi connectivity index (χ0n) is 14.8. The van der Waals surface area contributed by atoms with Gasteiger partial charge in [-0.15, -0.1) is 0 Å². The van der Waals surface area contributed by atoms with E-state index in [9.17, 15) is 9.59 Å². The number of hydrogen-bond acceptors (Lipinski definition) is 4. The predicted molar refractivity (Wildman–Crippen MR) is 98.8 cm³/mol. The van der Waals surface area contributed by atoms with E-state index < -0.39 is 0 Å². The van der Waals surface area contributed by atoms with E-state index in [-0.39, 0.29) is 17.7 Å². The maximum absolute atomic E-state index is 12.5. The summed E-state index contributed by atoms with van der Waals surface area (Å²) in [6.45, 7) is 4.76. The molecule has 2 fully saturated rings. The number of benzene rings is 2. The van der Waals surface area contributed by atoms with E-state index in [0.29, 0.717) is 28.5 Å². The highest BCUT2D eigenvalue weighted by atomic mass is 16.5. The quantitative estimate of drug-likeness (QED) is 0.842. The lowest BCUT2D eigenvalue weighted by Crippen LogP contribution is -2.43. The van der Waals surface area contributed by atoms with E-state index in [1.807, 2.05) is 0 Å². The van der Waals surface area contributed by atoms with Gasteiger partial charge in [-0.05, 0) is 62.2 Å². The van der Waals surface area contributed by atoms with Gasteiger partial charge in [0, 0.05) is 30.3 Å². The Morgan fingerprint density at radius 1 is 1.04 bits per heavy atom. The summed E-state index contributed by atoms with van der Waals surface area (Å²) in [6, 6.07) is 14.4. The number of Topliss-reactive ketones (excluding diaryl/α,β-unsaturated/α-hetero) is 1. The van der Waals surface area contributed by atoms with Crippen LogP contribution in [0, 0.1) is 5.92 Å². The molecule has 2 saturated heterocycles. The summed E-state index contributed by atoms with van der Waals surface area (Å²) >= 11 is 0. The van der Waals surface area contributed by atoms with Crippen molar-refractivity contribution in [1.29, 1.82) is 0 Å². The highest BCUT2D eigenvalue weighted by Crippen LogP contribution is 2.28. The molecule has 2 aromatic carbocycles. The highest BCUT2D eigenvalue weighted by Gasteiger charge is 2.38. The third-order valence-electron chi connectivity index (χ3n) is 5.24. The van der Waals surface area contributed by atoms with E-state index >= 15 is 0 Å². The third kappa shape index (κ3) is 3.48. The largest absolute Gasteiger partial charge is 0.457 e. The van der Waals surface area contributed by atoms with Crippen LogP contribution >= 0.6 is 0 Å². The molecule has 2 aliphatic heterocycles. The van der Waals surface area contributed by atoms with Crippen LogP contribution in [0.5, 0.6) is 11.5 Å². The molecule has 0 aliphatic carbocycles. The molecule has 0 aromatic heterocycles. The predicted octanol–water partition coefficient (Wildman–Crippen LogP) is 3.12. The fraction of sp³-hybridized carbons (Fsp3) is 0.333. The smallest absolute Gasteiger partial charge is 0.251 e. The molecule has 2 bridgehead atoms. The van der Waals surface area contributed by atoms with Crippen LogP contribution in [0.3, 0.4) is 0 Å². The van der Waals surface area contributed by atoms with Crippen molar-refractivity contribution in [3.8, 4) is 11.5 Å². The van der Waals surface area contributed by atoms with Crippen LogP contribution in [0.25, 0.3) is 0 Å². The van der Waals surface area contributed by atoms with Crippen molar-refractivity contribution in [2.24, 2.45) is 5.92 Å². The van der Waals surface area contributed by atoms with E-state index in [4.69, 9.17) is 4.74 Å². The zero-order chi connectivity index (χ0) is 18.1. The first-order chi connectivity index (χ1) is 12.6. The summed E-state index contributed by atoms with van der Waals surface area (Å²) in [5.74, 6) is 1.79. The maximum atomic E-state index is 12.5. The van der Waals surface area contributed by atoms with Gasteiger partial charge in [0.25, 0.3) is 5.91 Å². The summed E-state index contributed by atoms with van der Waals surface area (Å²) in [4.78, 5) is 26.3. The highest BCUT2D eigenvalue weighted by molar-refractivity contribution is 5.95. The molecule has 1 amide bonds. The Kier molecular flexibility index (Phi) is 4.47. The number of piperidine rings is 1. The van der Waals surface area contributed by atoms with E-state index in [1.165, 1.54) is 13.3 Å². The molecule has 134 valence electrons. The number of ketones is 1. The Bertz CT molecular complexity index is 831. The lowest BCUT2D eigenvalue weighted by molar-refractivity contribution is 0.0923. The summed E-state index contributed by atoms with van der Waals surface area (Å²) < 4.78 is 5.79. The molecule has 5 heteroatoms. The lowest BCUT2D eigenvalue weighted by atomic mass is 9.99. The van der Waals surface area contributed by atoms with Crippen molar-refractivity contribution in [2.75, 3.05) is 19.6 Å². The van der Waals surface area contributed by atoms with Gasteiger partial charge in [-0.3, -0.25) is 9.59 Å². The minimum absolute atomic E-state index is 0.000546. The second-order valence-corrected chi connectivity index (χ2v) is 7.10. The first kappa shape index (κ1) is 16.8. The van der Waals surface area contributed by atoms with Gasteiger partial charge in [-0.2, -0.15) is 0 Å². The number of ether oxygens (including phenoxy) is 1. The average molecular weight is 350 g/mol. The van der Waals surface area contributed by atoms with Crippen molar-refractivity contribution in [1.82, 2.24) is 10.2 Å². The van der Waals surface area contributed by atoms with Gasteiger partial charge in [-0.1, -0.05) is 12.1 Å².